The Morgan fingerprint density at radius 3 is 2.63 bits per heavy atom. The van der Waals surface area contributed by atoms with Gasteiger partial charge in [0, 0.05) is 13.0 Å². The summed E-state index contributed by atoms with van der Waals surface area (Å²) in [5, 5.41) is 0.938. The minimum atomic E-state index is -3.45. The van der Waals surface area contributed by atoms with Gasteiger partial charge in [0.05, 0.1) is 26.9 Å². The third-order valence-electron chi connectivity index (χ3n) is 4.86. The molecule has 1 amide bonds. The number of benzene rings is 2. The molecule has 0 radical (unpaired) electrons. The van der Waals surface area contributed by atoms with E-state index < -0.39 is 9.84 Å². The molecule has 1 aromatic heterocycles. The van der Waals surface area contributed by atoms with Crippen LogP contribution in [0.25, 0.3) is 10.2 Å². The standard InChI is InChI=1S/C20H20N2O3S2/c23-19(12-14-27(24,25)15-7-2-1-3-8-15)22-13-6-10-17(22)20-21-16-9-4-5-11-18(16)26-20/h1-5,7-9,11,17H,6,10,12-14H2. The predicted molar refractivity (Wildman–Crippen MR) is 106 cm³/mol. The summed E-state index contributed by atoms with van der Waals surface area (Å²) in [6.07, 6.45) is 1.79. The minimum absolute atomic E-state index is 0.00137. The molecule has 5 nitrogen and oxygen atoms in total. The van der Waals surface area contributed by atoms with E-state index in [1.165, 1.54) is 0 Å². The Labute approximate surface area is 162 Å². The van der Waals surface area contributed by atoms with Gasteiger partial charge in [-0.2, -0.15) is 0 Å². The first-order valence-corrected chi connectivity index (χ1v) is 11.4. The van der Waals surface area contributed by atoms with Crippen LogP contribution in [0.1, 0.15) is 30.3 Å². The summed E-state index contributed by atoms with van der Waals surface area (Å²) in [7, 11) is -3.45. The van der Waals surface area contributed by atoms with E-state index in [0.29, 0.717) is 6.54 Å². The zero-order valence-electron chi connectivity index (χ0n) is 14.7. The summed E-state index contributed by atoms with van der Waals surface area (Å²) in [6.45, 7) is 0.658. The van der Waals surface area contributed by atoms with Crippen LogP contribution in [0.3, 0.4) is 0 Å². The van der Waals surface area contributed by atoms with Crippen molar-refractivity contribution in [3.05, 3.63) is 59.6 Å². The second kappa shape index (κ2) is 7.40. The number of aromatic nitrogens is 1. The van der Waals surface area contributed by atoms with Gasteiger partial charge in [-0.3, -0.25) is 4.79 Å². The summed E-state index contributed by atoms with van der Waals surface area (Å²) < 4.78 is 26.0. The van der Waals surface area contributed by atoms with Gasteiger partial charge >= 0.3 is 0 Å². The van der Waals surface area contributed by atoms with Gasteiger partial charge in [0.15, 0.2) is 9.84 Å². The first-order chi connectivity index (χ1) is 13.0. The Hall–Kier alpha value is -2.25. The second-order valence-electron chi connectivity index (χ2n) is 6.65. The molecule has 0 spiro atoms. The number of nitrogens with zero attached hydrogens (tertiary/aromatic N) is 2. The fourth-order valence-corrected chi connectivity index (χ4v) is 5.83. The van der Waals surface area contributed by atoms with Crippen molar-refractivity contribution in [2.75, 3.05) is 12.3 Å². The fourth-order valence-electron chi connectivity index (χ4n) is 3.47. The van der Waals surface area contributed by atoms with Crippen molar-refractivity contribution in [1.82, 2.24) is 9.88 Å². The molecule has 1 unspecified atom stereocenters. The largest absolute Gasteiger partial charge is 0.333 e. The highest BCUT2D eigenvalue weighted by Gasteiger charge is 2.32. The van der Waals surface area contributed by atoms with Gasteiger partial charge < -0.3 is 4.90 Å². The number of carbonyl (C=O) groups is 1. The first-order valence-electron chi connectivity index (χ1n) is 8.97. The summed E-state index contributed by atoms with van der Waals surface area (Å²) in [5.74, 6) is -0.282. The highest BCUT2D eigenvalue weighted by Crippen LogP contribution is 2.36. The van der Waals surface area contributed by atoms with Crippen LogP contribution in [-0.2, 0) is 14.6 Å². The van der Waals surface area contributed by atoms with E-state index in [2.05, 4.69) is 0 Å². The smallest absolute Gasteiger partial charge is 0.224 e. The van der Waals surface area contributed by atoms with Crippen molar-refractivity contribution in [3.63, 3.8) is 0 Å². The number of thiazole rings is 1. The normalized spacial score (nSPS) is 17.5. The van der Waals surface area contributed by atoms with E-state index in [4.69, 9.17) is 4.98 Å². The zero-order valence-corrected chi connectivity index (χ0v) is 16.4. The van der Waals surface area contributed by atoms with E-state index in [9.17, 15) is 13.2 Å². The molecule has 2 heterocycles. The van der Waals surface area contributed by atoms with E-state index in [1.807, 2.05) is 24.3 Å². The SMILES string of the molecule is O=C(CCS(=O)(=O)c1ccccc1)N1CCCC1c1nc2ccccc2s1. The molecule has 0 bridgehead atoms. The molecule has 140 valence electrons. The van der Waals surface area contributed by atoms with E-state index in [0.717, 1.165) is 28.1 Å². The van der Waals surface area contributed by atoms with Crippen LogP contribution < -0.4 is 0 Å². The quantitative estimate of drug-likeness (QED) is 0.653. The minimum Gasteiger partial charge on any atom is -0.333 e. The van der Waals surface area contributed by atoms with Crippen LogP contribution >= 0.6 is 11.3 Å². The van der Waals surface area contributed by atoms with Crippen molar-refractivity contribution in [1.29, 1.82) is 0 Å². The van der Waals surface area contributed by atoms with Crippen LogP contribution in [-0.4, -0.2) is 36.5 Å². The van der Waals surface area contributed by atoms with E-state index in [1.54, 1.807) is 46.6 Å². The van der Waals surface area contributed by atoms with Gasteiger partial charge in [-0.15, -0.1) is 11.3 Å². The Kier molecular flexibility index (Phi) is 4.97. The number of likely N-dealkylation sites (tertiary alicyclic amines) is 1. The molecule has 27 heavy (non-hydrogen) atoms. The molecule has 3 aromatic rings. The number of hydrogen-bond donors (Lipinski definition) is 0. The fraction of sp³-hybridized carbons (Fsp3) is 0.300. The van der Waals surface area contributed by atoms with E-state index >= 15 is 0 Å². The number of rotatable bonds is 5. The van der Waals surface area contributed by atoms with Crippen molar-refractivity contribution in [3.8, 4) is 0 Å². The van der Waals surface area contributed by atoms with Crippen LogP contribution in [0.4, 0.5) is 0 Å². The molecule has 2 aromatic carbocycles. The molecule has 1 saturated heterocycles. The number of fused-ring (bicyclic) bond motifs is 1. The summed E-state index contributed by atoms with van der Waals surface area (Å²) in [5.41, 5.74) is 0.948. The Bertz CT molecular complexity index is 1030. The van der Waals surface area contributed by atoms with Crippen LogP contribution in [0.2, 0.25) is 0 Å². The lowest BCUT2D eigenvalue weighted by atomic mass is 10.2. The Morgan fingerprint density at radius 2 is 1.85 bits per heavy atom. The lowest BCUT2D eigenvalue weighted by Crippen LogP contribution is -2.31. The molecule has 0 N–H and O–H groups in total. The maximum absolute atomic E-state index is 12.8. The lowest BCUT2D eigenvalue weighted by Gasteiger charge is -2.23. The Morgan fingerprint density at radius 1 is 1.11 bits per heavy atom. The number of amides is 1. The monoisotopic (exact) mass is 400 g/mol. The molecule has 0 saturated carbocycles. The van der Waals surface area contributed by atoms with Crippen molar-refractivity contribution in [2.45, 2.75) is 30.2 Å². The molecular formula is C20H20N2O3S2. The van der Waals surface area contributed by atoms with Crippen molar-refractivity contribution >= 4 is 37.3 Å². The van der Waals surface area contributed by atoms with Gasteiger partial charge in [0.2, 0.25) is 5.91 Å². The Balaban J connectivity index is 1.48. The van der Waals surface area contributed by atoms with Crippen LogP contribution in [0.5, 0.6) is 0 Å². The maximum Gasteiger partial charge on any atom is 0.224 e. The lowest BCUT2D eigenvalue weighted by molar-refractivity contribution is -0.131. The molecule has 1 atom stereocenters. The van der Waals surface area contributed by atoms with Gasteiger partial charge in [0.1, 0.15) is 5.01 Å². The van der Waals surface area contributed by atoms with Gasteiger partial charge in [0.25, 0.3) is 0 Å². The average Bonchev–Trinajstić information content (AvgIpc) is 3.33. The highest BCUT2D eigenvalue weighted by molar-refractivity contribution is 7.91. The van der Waals surface area contributed by atoms with Crippen molar-refractivity contribution in [2.24, 2.45) is 0 Å². The van der Waals surface area contributed by atoms with Gasteiger partial charge in [-0.25, -0.2) is 13.4 Å². The molecule has 1 aliphatic heterocycles. The summed E-state index contributed by atoms with van der Waals surface area (Å²) in [6, 6.07) is 16.2. The molecule has 1 fully saturated rings. The zero-order chi connectivity index (χ0) is 18.9. The summed E-state index contributed by atoms with van der Waals surface area (Å²) in [4.78, 5) is 19.5. The van der Waals surface area contributed by atoms with Gasteiger partial charge in [-0.1, -0.05) is 30.3 Å². The first kappa shape index (κ1) is 18.1. The molecule has 0 aliphatic carbocycles. The molecule has 7 heteroatoms. The average molecular weight is 401 g/mol. The van der Waals surface area contributed by atoms with Crippen LogP contribution in [0, 0.1) is 0 Å². The number of para-hydroxylation sites is 1. The number of sulfone groups is 1. The third kappa shape index (κ3) is 3.75. The third-order valence-corrected chi connectivity index (χ3v) is 7.73. The highest BCUT2D eigenvalue weighted by atomic mass is 32.2. The number of carbonyl (C=O) groups excluding carboxylic acids is 1. The van der Waals surface area contributed by atoms with Crippen molar-refractivity contribution < 1.29 is 13.2 Å². The topological polar surface area (TPSA) is 67.3 Å². The van der Waals surface area contributed by atoms with E-state index in [-0.39, 0.29) is 29.0 Å². The maximum atomic E-state index is 12.8. The van der Waals surface area contributed by atoms with Gasteiger partial charge in [-0.05, 0) is 37.1 Å². The molecule has 1 aliphatic rings. The van der Waals surface area contributed by atoms with Crippen LogP contribution in [0.15, 0.2) is 59.5 Å². The molecule has 4 rings (SSSR count). The number of hydrogen-bond acceptors (Lipinski definition) is 5. The molecular weight excluding hydrogens is 380 g/mol. The predicted octanol–water partition coefficient (Wildman–Crippen LogP) is 3.82. The second-order valence-corrected chi connectivity index (χ2v) is 9.82. The summed E-state index contributed by atoms with van der Waals surface area (Å²) >= 11 is 1.61.